The summed E-state index contributed by atoms with van der Waals surface area (Å²) in [7, 11) is 1.69. The maximum Gasteiger partial charge on any atom is 2.00 e. The first-order chi connectivity index (χ1) is 22.0. The fraction of sp³-hybridized carbons (Fsp3) is 0.179. The Morgan fingerprint density at radius 2 is 1.65 bits per heavy atom. The van der Waals surface area contributed by atoms with Gasteiger partial charge in [-0.25, -0.2) is 4.98 Å². The van der Waals surface area contributed by atoms with Gasteiger partial charge in [0.2, 0.25) is 0 Å². The van der Waals surface area contributed by atoms with Gasteiger partial charge in [-0.2, -0.15) is 17.2 Å². The molecule has 0 radical (unpaired) electrons. The third-order valence-electron chi connectivity index (χ3n) is 8.27. The summed E-state index contributed by atoms with van der Waals surface area (Å²) in [5, 5.41) is 6.97. The molecular formula is C39H34N4O2Pt. The van der Waals surface area contributed by atoms with Crippen LogP contribution in [0, 0.1) is 26.0 Å². The van der Waals surface area contributed by atoms with Crippen molar-refractivity contribution in [1.82, 2.24) is 19.3 Å². The first-order valence-electron chi connectivity index (χ1n) is 15.4. The number of hydrogen-bond acceptors (Lipinski definition) is 4. The van der Waals surface area contributed by atoms with Gasteiger partial charge in [-0.1, -0.05) is 49.2 Å². The molecule has 7 rings (SSSR count). The molecule has 6 nitrogen and oxygen atoms in total. The van der Waals surface area contributed by atoms with Crippen molar-refractivity contribution < 1.29 is 30.5 Å². The number of unbranched alkanes of at least 4 members (excludes halogenated alkanes) is 1. The molecule has 0 amide bonds. The van der Waals surface area contributed by atoms with E-state index in [0.717, 1.165) is 80.8 Å². The second kappa shape index (κ2) is 13.4. The molecule has 0 atom stereocenters. The Morgan fingerprint density at radius 1 is 0.826 bits per heavy atom. The fourth-order valence-electron chi connectivity index (χ4n) is 6.09. The molecule has 0 aliphatic heterocycles. The SMILES string of the molecule is CCCCc1ccnc(-n2c3[c-]c(Oc4[c-]c(-n5nc(C)c(-c6ccccc6)c5C)ccc4)ccc3c3cc(OC)ccc32)c1.[Pt+2]. The number of nitrogens with zero attached hydrogens (tertiary/aromatic N) is 4. The van der Waals surface area contributed by atoms with Crippen LogP contribution in [0.15, 0.2) is 97.2 Å². The topological polar surface area (TPSA) is 54.1 Å². The molecule has 0 spiro atoms. The van der Waals surface area contributed by atoms with Crippen molar-refractivity contribution in [3.05, 3.63) is 126 Å². The van der Waals surface area contributed by atoms with Gasteiger partial charge in [-0.05, 0) is 79.2 Å². The molecule has 46 heavy (non-hydrogen) atoms. The van der Waals surface area contributed by atoms with Crippen molar-refractivity contribution in [3.8, 4) is 39.9 Å². The number of rotatable bonds is 9. The van der Waals surface area contributed by atoms with Crippen molar-refractivity contribution in [2.24, 2.45) is 0 Å². The molecule has 7 aromatic rings. The van der Waals surface area contributed by atoms with Gasteiger partial charge in [0.1, 0.15) is 11.6 Å². The Labute approximate surface area is 283 Å². The summed E-state index contributed by atoms with van der Waals surface area (Å²) >= 11 is 0. The van der Waals surface area contributed by atoms with E-state index in [2.05, 4.69) is 85.1 Å². The summed E-state index contributed by atoms with van der Waals surface area (Å²) in [4.78, 5) is 4.79. The number of pyridine rings is 1. The number of ether oxygens (including phenoxy) is 2. The van der Waals surface area contributed by atoms with Crippen LogP contribution in [0.5, 0.6) is 17.2 Å². The van der Waals surface area contributed by atoms with E-state index in [-0.39, 0.29) is 21.1 Å². The summed E-state index contributed by atoms with van der Waals surface area (Å²) in [6.45, 7) is 6.34. The maximum atomic E-state index is 6.41. The molecule has 3 heterocycles. The number of hydrogen-bond donors (Lipinski definition) is 0. The van der Waals surface area contributed by atoms with Crippen LogP contribution in [0.4, 0.5) is 0 Å². The van der Waals surface area contributed by atoms with Crippen LogP contribution in [0.25, 0.3) is 44.4 Å². The second-order valence-electron chi connectivity index (χ2n) is 11.3. The molecule has 0 saturated carbocycles. The number of aromatic nitrogens is 4. The largest absolute Gasteiger partial charge is 2.00 e. The summed E-state index contributed by atoms with van der Waals surface area (Å²) < 4.78 is 16.1. The minimum atomic E-state index is 0. The normalized spacial score (nSPS) is 11.1. The molecule has 0 N–H and O–H groups in total. The van der Waals surface area contributed by atoms with Gasteiger partial charge >= 0.3 is 21.1 Å². The van der Waals surface area contributed by atoms with Gasteiger partial charge in [0.15, 0.2) is 0 Å². The van der Waals surface area contributed by atoms with Gasteiger partial charge < -0.3 is 14.0 Å². The molecule has 4 aromatic carbocycles. The zero-order valence-electron chi connectivity index (χ0n) is 26.3. The van der Waals surface area contributed by atoms with E-state index in [4.69, 9.17) is 19.6 Å². The van der Waals surface area contributed by atoms with Crippen molar-refractivity contribution in [1.29, 1.82) is 0 Å². The minimum absolute atomic E-state index is 0. The van der Waals surface area contributed by atoms with E-state index in [9.17, 15) is 0 Å². The van der Waals surface area contributed by atoms with Crippen LogP contribution in [0.1, 0.15) is 36.7 Å². The van der Waals surface area contributed by atoms with Crippen LogP contribution in [-0.4, -0.2) is 26.4 Å². The Kier molecular flexibility index (Phi) is 9.10. The van der Waals surface area contributed by atoms with Crippen LogP contribution < -0.4 is 9.47 Å². The van der Waals surface area contributed by atoms with Gasteiger partial charge in [0.05, 0.1) is 12.8 Å². The average Bonchev–Trinajstić information content (AvgIpc) is 3.56. The predicted octanol–water partition coefficient (Wildman–Crippen LogP) is 9.39. The van der Waals surface area contributed by atoms with Crippen molar-refractivity contribution in [2.45, 2.75) is 40.0 Å². The van der Waals surface area contributed by atoms with Gasteiger partial charge in [0, 0.05) is 34.5 Å². The maximum absolute atomic E-state index is 6.41. The van der Waals surface area contributed by atoms with E-state index in [1.165, 1.54) is 5.56 Å². The molecule has 3 aromatic heterocycles. The van der Waals surface area contributed by atoms with Crippen molar-refractivity contribution in [2.75, 3.05) is 7.11 Å². The molecule has 0 unspecified atom stereocenters. The standard InChI is InChI=1S/C39H34N4O2.Pt/c1-5-6-11-28-20-21-40-38(22-28)42-36-19-17-31(44-4)24-35(36)34-18-16-33(25-37(34)42)45-32-15-10-14-30(23-32)43-27(3)39(26(2)41-43)29-12-8-7-9-13-29;/h7-10,12-22,24H,5-6,11H2,1-4H3;/q-2;+2. The molecule has 0 aliphatic carbocycles. The molecule has 0 bridgehead atoms. The monoisotopic (exact) mass is 785 g/mol. The zero-order valence-corrected chi connectivity index (χ0v) is 28.6. The first kappa shape index (κ1) is 31.3. The second-order valence-corrected chi connectivity index (χ2v) is 11.3. The van der Waals surface area contributed by atoms with Crippen LogP contribution in [0.2, 0.25) is 0 Å². The molecule has 0 aliphatic rings. The van der Waals surface area contributed by atoms with Crippen LogP contribution in [0.3, 0.4) is 0 Å². The predicted molar refractivity (Wildman–Crippen MR) is 180 cm³/mol. The molecule has 7 heteroatoms. The Morgan fingerprint density at radius 3 is 2.46 bits per heavy atom. The van der Waals surface area contributed by atoms with Crippen molar-refractivity contribution >= 4 is 21.8 Å². The third-order valence-corrected chi connectivity index (χ3v) is 8.27. The van der Waals surface area contributed by atoms with Crippen LogP contribution in [-0.2, 0) is 27.5 Å². The molecule has 0 saturated heterocycles. The van der Waals surface area contributed by atoms with E-state index < -0.39 is 0 Å². The smallest absolute Gasteiger partial charge is 0.509 e. The van der Waals surface area contributed by atoms with E-state index in [1.54, 1.807) is 7.11 Å². The van der Waals surface area contributed by atoms with Gasteiger partial charge in [-0.3, -0.25) is 4.68 Å². The third kappa shape index (κ3) is 5.86. The van der Waals surface area contributed by atoms with E-state index >= 15 is 0 Å². The summed E-state index contributed by atoms with van der Waals surface area (Å²) in [6, 6.07) is 37.7. The Balaban J connectivity index is 0.00000372. The average molecular weight is 786 g/mol. The van der Waals surface area contributed by atoms with Crippen LogP contribution >= 0.6 is 0 Å². The Bertz CT molecular complexity index is 2150. The summed E-state index contributed by atoms with van der Waals surface area (Å²) in [5.41, 5.74) is 8.29. The Hall–Kier alpha value is -4.67. The van der Waals surface area contributed by atoms with Crippen molar-refractivity contribution in [3.63, 3.8) is 0 Å². The van der Waals surface area contributed by atoms with Gasteiger partial charge in [-0.15, -0.1) is 35.7 Å². The zero-order chi connectivity index (χ0) is 30.9. The number of fused-ring (bicyclic) bond motifs is 3. The summed E-state index contributed by atoms with van der Waals surface area (Å²) in [5.74, 6) is 2.83. The van der Waals surface area contributed by atoms with E-state index in [0.29, 0.717) is 11.5 Å². The van der Waals surface area contributed by atoms with Gasteiger partial charge in [0.25, 0.3) is 0 Å². The minimum Gasteiger partial charge on any atom is -0.509 e. The quantitative estimate of drug-likeness (QED) is 0.137. The fourth-order valence-corrected chi connectivity index (χ4v) is 6.09. The number of aryl methyl sites for hydroxylation is 2. The molecule has 0 fully saturated rings. The molecule has 232 valence electrons. The van der Waals surface area contributed by atoms with E-state index in [1.807, 2.05) is 54.2 Å². The summed E-state index contributed by atoms with van der Waals surface area (Å²) in [6.07, 6.45) is 5.19. The number of benzene rings is 4. The number of methoxy groups -OCH3 is 1. The first-order valence-corrected chi connectivity index (χ1v) is 15.4. The molecular weight excluding hydrogens is 752 g/mol.